The van der Waals surface area contributed by atoms with E-state index in [0.29, 0.717) is 16.8 Å². The molecule has 20 heavy (non-hydrogen) atoms. The van der Waals surface area contributed by atoms with E-state index in [4.69, 9.17) is 11.6 Å². The summed E-state index contributed by atoms with van der Waals surface area (Å²) in [5.74, 6) is -2.22. The van der Waals surface area contributed by atoms with Crippen molar-refractivity contribution in [3.8, 4) is 0 Å². The normalized spacial score (nSPS) is 10.4. The molecule has 0 spiro atoms. The zero-order valence-corrected chi connectivity index (χ0v) is 11.3. The monoisotopic (exact) mass is 296 g/mol. The molecule has 1 heterocycles. The molecule has 0 aliphatic rings. The highest BCUT2D eigenvalue weighted by atomic mass is 35.5. The van der Waals surface area contributed by atoms with E-state index in [9.17, 15) is 13.6 Å². The number of nitrogens with zero attached hydrogens (tertiary/aromatic N) is 1. The van der Waals surface area contributed by atoms with Gasteiger partial charge in [-0.3, -0.25) is 4.79 Å². The summed E-state index contributed by atoms with van der Waals surface area (Å²) in [5, 5.41) is 2.83. The fourth-order valence-corrected chi connectivity index (χ4v) is 1.94. The average Bonchev–Trinajstić information content (AvgIpc) is 2.38. The third kappa shape index (κ3) is 3.51. The van der Waals surface area contributed by atoms with Crippen molar-refractivity contribution in [3.63, 3.8) is 0 Å². The summed E-state index contributed by atoms with van der Waals surface area (Å²) in [4.78, 5) is 15.9. The molecule has 2 rings (SSSR count). The number of hydrogen-bond acceptors (Lipinski definition) is 2. The number of carbonyl (C=O) groups is 1. The number of nitrogens with one attached hydrogen (secondary N) is 1. The molecule has 0 saturated heterocycles. The van der Waals surface area contributed by atoms with Crippen LogP contribution in [0, 0.1) is 18.6 Å². The largest absolute Gasteiger partial charge is 0.348 e. The summed E-state index contributed by atoms with van der Waals surface area (Å²) in [6, 6.07) is 6.50. The smallest absolute Gasteiger partial charge is 0.251 e. The van der Waals surface area contributed by atoms with Gasteiger partial charge in [0.15, 0.2) is 11.6 Å². The van der Waals surface area contributed by atoms with Gasteiger partial charge in [0.05, 0.1) is 0 Å². The lowest BCUT2D eigenvalue weighted by Gasteiger charge is -2.07. The molecule has 0 atom stereocenters. The van der Waals surface area contributed by atoms with Gasteiger partial charge in [-0.2, -0.15) is 0 Å². The van der Waals surface area contributed by atoms with Crippen LogP contribution in [-0.4, -0.2) is 10.9 Å². The Bertz CT molecular complexity index is 641. The van der Waals surface area contributed by atoms with E-state index in [1.165, 1.54) is 12.1 Å². The zero-order valence-electron chi connectivity index (χ0n) is 10.6. The Morgan fingerprint density at radius 1 is 1.25 bits per heavy atom. The van der Waals surface area contributed by atoms with E-state index in [0.717, 1.165) is 12.1 Å². The standard InChI is InChI=1S/C14H11ClF2N2O/c1-8-4-10(6-13(15)19-8)14(20)18-7-9-2-3-11(16)12(17)5-9/h2-6H,7H2,1H3,(H,18,20). The third-order valence-corrected chi connectivity index (χ3v) is 2.82. The van der Waals surface area contributed by atoms with Crippen molar-refractivity contribution in [1.29, 1.82) is 0 Å². The van der Waals surface area contributed by atoms with E-state index in [2.05, 4.69) is 10.3 Å². The second-order valence-electron chi connectivity index (χ2n) is 4.25. The number of pyridine rings is 1. The van der Waals surface area contributed by atoms with Gasteiger partial charge >= 0.3 is 0 Å². The number of halogens is 3. The Morgan fingerprint density at radius 2 is 2.00 bits per heavy atom. The summed E-state index contributed by atoms with van der Waals surface area (Å²) < 4.78 is 25.8. The molecule has 0 aliphatic carbocycles. The maximum absolute atomic E-state index is 13.0. The van der Waals surface area contributed by atoms with E-state index >= 15 is 0 Å². The number of aryl methyl sites for hydroxylation is 1. The summed E-state index contributed by atoms with van der Waals surface area (Å²) in [7, 11) is 0. The third-order valence-electron chi connectivity index (χ3n) is 2.62. The molecule has 1 N–H and O–H groups in total. The first kappa shape index (κ1) is 14.4. The number of rotatable bonds is 3. The van der Waals surface area contributed by atoms with Crippen LogP contribution in [0.3, 0.4) is 0 Å². The van der Waals surface area contributed by atoms with Gasteiger partial charge in [-0.25, -0.2) is 13.8 Å². The molecule has 0 saturated carbocycles. The summed E-state index contributed by atoms with van der Waals surface area (Å²) in [6.45, 7) is 1.81. The molecule has 3 nitrogen and oxygen atoms in total. The number of hydrogen-bond donors (Lipinski definition) is 1. The predicted molar refractivity (Wildman–Crippen MR) is 71.5 cm³/mol. The van der Waals surface area contributed by atoms with Crippen molar-refractivity contribution in [2.24, 2.45) is 0 Å². The lowest BCUT2D eigenvalue weighted by molar-refractivity contribution is 0.0950. The van der Waals surface area contributed by atoms with Crippen molar-refractivity contribution in [1.82, 2.24) is 10.3 Å². The number of amides is 1. The Labute approximate surface area is 119 Å². The minimum Gasteiger partial charge on any atom is -0.348 e. The molecule has 2 aromatic rings. The van der Waals surface area contributed by atoms with E-state index in [1.807, 2.05) is 0 Å². The van der Waals surface area contributed by atoms with E-state index in [1.54, 1.807) is 13.0 Å². The minimum absolute atomic E-state index is 0.0923. The van der Waals surface area contributed by atoms with Crippen LogP contribution in [0.25, 0.3) is 0 Å². The molecule has 0 aliphatic heterocycles. The number of aromatic nitrogens is 1. The first-order chi connectivity index (χ1) is 9.45. The average molecular weight is 297 g/mol. The van der Waals surface area contributed by atoms with Gasteiger partial charge < -0.3 is 5.32 Å². The van der Waals surface area contributed by atoms with Crippen LogP contribution < -0.4 is 5.32 Å². The first-order valence-corrected chi connectivity index (χ1v) is 6.20. The van der Waals surface area contributed by atoms with Crippen molar-refractivity contribution < 1.29 is 13.6 Å². The summed E-state index contributed by atoms with van der Waals surface area (Å²) in [6.07, 6.45) is 0. The molecule has 0 fully saturated rings. The Morgan fingerprint density at radius 3 is 2.65 bits per heavy atom. The van der Waals surface area contributed by atoms with Gasteiger partial charge in [-0.05, 0) is 36.8 Å². The van der Waals surface area contributed by atoms with Gasteiger partial charge in [0.2, 0.25) is 0 Å². The topological polar surface area (TPSA) is 42.0 Å². The molecule has 1 aromatic carbocycles. The Kier molecular flexibility index (Phi) is 4.29. The molecule has 0 radical (unpaired) electrons. The molecule has 104 valence electrons. The Balaban J connectivity index is 2.06. The second kappa shape index (κ2) is 5.96. The summed E-state index contributed by atoms with van der Waals surface area (Å²) >= 11 is 5.77. The highest BCUT2D eigenvalue weighted by Crippen LogP contribution is 2.11. The minimum atomic E-state index is -0.945. The van der Waals surface area contributed by atoms with E-state index < -0.39 is 11.6 Å². The first-order valence-electron chi connectivity index (χ1n) is 5.82. The van der Waals surface area contributed by atoms with Gasteiger partial charge in [-0.1, -0.05) is 17.7 Å². The SMILES string of the molecule is Cc1cc(C(=O)NCc2ccc(F)c(F)c2)cc(Cl)n1. The zero-order chi connectivity index (χ0) is 14.7. The van der Waals surface area contributed by atoms with Crippen LogP contribution in [0.15, 0.2) is 30.3 Å². The van der Waals surface area contributed by atoms with Crippen LogP contribution in [0.2, 0.25) is 5.15 Å². The van der Waals surface area contributed by atoms with Crippen molar-refractivity contribution >= 4 is 17.5 Å². The van der Waals surface area contributed by atoms with Crippen molar-refractivity contribution in [2.45, 2.75) is 13.5 Å². The molecule has 0 bridgehead atoms. The molecular formula is C14H11ClF2N2O. The maximum atomic E-state index is 13.0. The van der Waals surface area contributed by atoms with E-state index in [-0.39, 0.29) is 17.6 Å². The lowest BCUT2D eigenvalue weighted by Crippen LogP contribution is -2.23. The van der Waals surface area contributed by atoms with Crippen LogP contribution in [0.4, 0.5) is 8.78 Å². The molecule has 1 aromatic heterocycles. The summed E-state index contributed by atoms with van der Waals surface area (Å²) in [5.41, 5.74) is 1.45. The Hall–Kier alpha value is -2.01. The van der Waals surface area contributed by atoms with Crippen LogP contribution in [0.5, 0.6) is 0 Å². The number of carbonyl (C=O) groups excluding carboxylic acids is 1. The quantitative estimate of drug-likeness (QED) is 0.884. The maximum Gasteiger partial charge on any atom is 0.251 e. The van der Waals surface area contributed by atoms with Gasteiger partial charge in [0.1, 0.15) is 5.15 Å². The van der Waals surface area contributed by atoms with Crippen molar-refractivity contribution in [2.75, 3.05) is 0 Å². The van der Waals surface area contributed by atoms with Crippen LogP contribution >= 0.6 is 11.6 Å². The van der Waals surface area contributed by atoms with Crippen molar-refractivity contribution in [3.05, 3.63) is 63.9 Å². The fourth-order valence-electron chi connectivity index (χ4n) is 1.69. The second-order valence-corrected chi connectivity index (χ2v) is 4.64. The molecule has 0 unspecified atom stereocenters. The van der Waals surface area contributed by atoms with Gasteiger partial charge in [0, 0.05) is 17.8 Å². The lowest BCUT2D eigenvalue weighted by atomic mass is 10.2. The van der Waals surface area contributed by atoms with Gasteiger partial charge in [0.25, 0.3) is 5.91 Å². The van der Waals surface area contributed by atoms with Crippen LogP contribution in [-0.2, 0) is 6.54 Å². The highest BCUT2D eigenvalue weighted by Gasteiger charge is 2.09. The predicted octanol–water partition coefficient (Wildman–Crippen LogP) is 3.25. The molecule has 1 amide bonds. The van der Waals surface area contributed by atoms with Crippen LogP contribution in [0.1, 0.15) is 21.6 Å². The highest BCUT2D eigenvalue weighted by molar-refractivity contribution is 6.29. The number of benzene rings is 1. The molecular weight excluding hydrogens is 286 g/mol. The van der Waals surface area contributed by atoms with Gasteiger partial charge in [-0.15, -0.1) is 0 Å². The fraction of sp³-hybridized carbons (Fsp3) is 0.143. The molecule has 6 heteroatoms.